The Kier molecular flexibility index (Phi) is 4.16. The van der Waals surface area contributed by atoms with Gasteiger partial charge in [0, 0.05) is 11.0 Å². The quantitative estimate of drug-likeness (QED) is 0.829. The smallest absolute Gasteiger partial charge is 0.308 e. The predicted molar refractivity (Wildman–Crippen MR) is 74.1 cm³/mol. The van der Waals surface area contributed by atoms with Crippen LogP contribution in [0.4, 0.5) is 0 Å². The third kappa shape index (κ3) is 2.80. The fourth-order valence-corrected chi connectivity index (χ4v) is 4.33. The van der Waals surface area contributed by atoms with Gasteiger partial charge in [0.1, 0.15) is 5.75 Å². The zero-order valence-electron chi connectivity index (χ0n) is 10.1. The van der Waals surface area contributed by atoms with Crippen LogP contribution in [0.1, 0.15) is 0 Å². The number of carboxylic acids is 1. The van der Waals surface area contributed by atoms with Crippen LogP contribution in [0.3, 0.4) is 0 Å². The molecule has 0 bridgehead atoms. The predicted octanol–water partition coefficient (Wildman–Crippen LogP) is 2.38. The van der Waals surface area contributed by atoms with Gasteiger partial charge in [0.15, 0.2) is 0 Å². The molecule has 0 fully saturated rings. The van der Waals surface area contributed by atoms with Gasteiger partial charge in [0.25, 0.3) is 0 Å². The first-order valence-corrected chi connectivity index (χ1v) is 7.28. The molecule has 1 aromatic carbocycles. The van der Waals surface area contributed by atoms with Crippen LogP contribution in [-0.4, -0.2) is 30.0 Å². The molecule has 1 aliphatic rings. The number of rotatable bonds is 5. The average Bonchev–Trinajstić information content (AvgIpc) is 2.89. The lowest BCUT2D eigenvalue weighted by Gasteiger charge is -2.22. The summed E-state index contributed by atoms with van der Waals surface area (Å²) in [4.78, 5) is 11.1. The molecule has 18 heavy (non-hydrogen) atoms. The van der Waals surface area contributed by atoms with E-state index in [1.54, 1.807) is 7.11 Å². The first-order chi connectivity index (χ1) is 8.72. The number of methoxy groups -OCH3 is 1. The van der Waals surface area contributed by atoms with Crippen molar-refractivity contribution >= 4 is 19.2 Å². The largest absolute Gasteiger partial charge is 0.496 e. The highest BCUT2D eigenvalue weighted by molar-refractivity contribution is 7.67. The lowest BCUT2D eigenvalue weighted by molar-refractivity contribution is -0.134. The van der Waals surface area contributed by atoms with Gasteiger partial charge in [-0.05, 0) is 14.0 Å². The Morgan fingerprint density at radius 2 is 2.00 bits per heavy atom. The summed E-state index contributed by atoms with van der Waals surface area (Å²) >= 11 is 0. The molecule has 0 amide bonds. The number of benzene rings is 1. The molecular weight excluding hydrogens is 247 g/mol. The molecule has 0 spiro atoms. The molecule has 1 unspecified atom stereocenters. The Balaban J connectivity index is 2.35. The van der Waals surface area contributed by atoms with Crippen molar-refractivity contribution in [2.75, 3.05) is 13.3 Å². The average molecular weight is 262 g/mol. The van der Waals surface area contributed by atoms with Crippen LogP contribution in [0.15, 0.2) is 48.6 Å². The molecule has 0 saturated heterocycles. The van der Waals surface area contributed by atoms with Gasteiger partial charge in [0.2, 0.25) is 0 Å². The number of hydrogen-bond acceptors (Lipinski definition) is 2. The Morgan fingerprint density at radius 3 is 2.61 bits per heavy atom. The van der Waals surface area contributed by atoms with E-state index in [2.05, 4.69) is 12.2 Å². The number of allylic oxidation sites excluding steroid dienone is 4. The van der Waals surface area contributed by atoms with Gasteiger partial charge < -0.3 is 9.84 Å². The normalized spacial score (nSPS) is 15.8. The highest BCUT2D eigenvalue weighted by atomic mass is 31.1. The van der Waals surface area contributed by atoms with Gasteiger partial charge >= 0.3 is 5.97 Å². The third-order valence-electron chi connectivity index (χ3n) is 2.79. The zero-order chi connectivity index (χ0) is 13.0. The molecule has 0 aromatic heterocycles. The highest BCUT2D eigenvalue weighted by Crippen LogP contribution is 2.45. The van der Waals surface area contributed by atoms with Crippen molar-refractivity contribution in [3.63, 3.8) is 0 Å². The molecule has 0 radical (unpaired) electrons. The number of aliphatic carboxylic acids is 1. The van der Waals surface area contributed by atoms with Gasteiger partial charge in [-0.25, -0.2) is 0 Å². The van der Waals surface area contributed by atoms with E-state index in [1.165, 1.54) is 0 Å². The van der Waals surface area contributed by atoms with Crippen molar-refractivity contribution in [1.82, 2.24) is 0 Å². The van der Waals surface area contributed by atoms with Crippen molar-refractivity contribution in [3.05, 3.63) is 48.6 Å². The molecule has 0 saturated carbocycles. The Morgan fingerprint density at radius 1 is 1.33 bits per heavy atom. The van der Waals surface area contributed by atoms with Crippen LogP contribution in [-0.2, 0) is 4.79 Å². The Bertz CT molecular complexity index is 482. The van der Waals surface area contributed by atoms with Gasteiger partial charge in [-0.3, -0.25) is 4.79 Å². The number of carbonyl (C=O) groups is 1. The molecule has 1 aliphatic carbocycles. The fourth-order valence-electron chi connectivity index (χ4n) is 1.99. The van der Waals surface area contributed by atoms with E-state index in [-0.39, 0.29) is 11.8 Å². The maximum Gasteiger partial charge on any atom is 0.308 e. The minimum atomic E-state index is -0.821. The van der Waals surface area contributed by atoms with Gasteiger partial charge in [-0.15, -0.1) is 0 Å². The standard InChI is InChI=1S/C14H15O3P/c1-17-12-8-4-5-9-13(12)18(10-14(15)16)11-6-2-3-7-11/h2-9,11H,10H2,1H3,(H,15,16). The van der Waals surface area contributed by atoms with Crippen LogP contribution in [0.25, 0.3) is 0 Å². The third-order valence-corrected chi connectivity index (χ3v) is 5.45. The summed E-state index contributed by atoms with van der Waals surface area (Å²) in [5, 5.41) is 10.1. The molecule has 0 heterocycles. The number of hydrogen-bond donors (Lipinski definition) is 1. The van der Waals surface area contributed by atoms with Crippen LogP contribution < -0.4 is 10.0 Å². The summed E-state index contributed by atoms with van der Waals surface area (Å²) in [6.45, 7) is 0. The monoisotopic (exact) mass is 262 g/mol. The summed E-state index contributed by atoms with van der Waals surface area (Å²) in [5.74, 6) is 0.0132. The summed E-state index contributed by atoms with van der Waals surface area (Å²) < 4.78 is 5.34. The van der Waals surface area contributed by atoms with Crippen LogP contribution in [0, 0.1) is 0 Å². The topological polar surface area (TPSA) is 46.5 Å². The van der Waals surface area contributed by atoms with E-state index in [4.69, 9.17) is 9.84 Å². The summed E-state index contributed by atoms with van der Waals surface area (Å²) in [6, 6.07) is 7.68. The maximum absolute atomic E-state index is 11.1. The lowest BCUT2D eigenvalue weighted by Crippen LogP contribution is -2.17. The highest BCUT2D eigenvalue weighted by Gasteiger charge is 2.25. The molecular formula is C14H15O3P. The second kappa shape index (κ2) is 5.83. The number of ether oxygens (including phenoxy) is 1. The maximum atomic E-state index is 11.1. The Labute approximate surface area is 108 Å². The minimum absolute atomic E-state index is 0.162. The molecule has 1 atom stereocenters. The van der Waals surface area contributed by atoms with E-state index in [0.29, 0.717) is 0 Å². The molecule has 3 nitrogen and oxygen atoms in total. The van der Waals surface area contributed by atoms with Crippen molar-refractivity contribution in [2.24, 2.45) is 0 Å². The van der Waals surface area contributed by atoms with Gasteiger partial charge in [0.05, 0.1) is 13.3 Å². The van der Waals surface area contributed by atoms with Crippen LogP contribution in [0.5, 0.6) is 5.75 Å². The molecule has 2 rings (SSSR count). The van der Waals surface area contributed by atoms with E-state index in [1.807, 2.05) is 36.4 Å². The van der Waals surface area contributed by atoms with Crippen molar-refractivity contribution in [3.8, 4) is 5.75 Å². The number of para-hydroxylation sites is 1. The van der Waals surface area contributed by atoms with E-state index >= 15 is 0 Å². The second-order valence-electron chi connectivity index (χ2n) is 3.95. The minimum Gasteiger partial charge on any atom is -0.496 e. The zero-order valence-corrected chi connectivity index (χ0v) is 11.0. The molecule has 1 aromatic rings. The summed E-state index contributed by atoms with van der Waals surface area (Å²) in [7, 11) is 0.797. The fraction of sp³-hybridized carbons (Fsp3) is 0.214. The first-order valence-electron chi connectivity index (χ1n) is 5.69. The van der Waals surface area contributed by atoms with Crippen molar-refractivity contribution in [2.45, 2.75) is 5.66 Å². The lowest BCUT2D eigenvalue weighted by atomic mass is 10.3. The first kappa shape index (κ1) is 12.8. The molecule has 0 aliphatic heterocycles. The van der Waals surface area contributed by atoms with E-state index < -0.39 is 13.9 Å². The van der Waals surface area contributed by atoms with Crippen molar-refractivity contribution < 1.29 is 14.6 Å². The second-order valence-corrected chi connectivity index (χ2v) is 6.29. The van der Waals surface area contributed by atoms with Crippen LogP contribution in [0.2, 0.25) is 0 Å². The molecule has 94 valence electrons. The van der Waals surface area contributed by atoms with E-state index in [0.717, 1.165) is 11.1 Å². The van der Waals surface area contributed by atoms with Crippen LogP contribution >= 0.6 is 7.92 Å². The molecule has 4 heteroatoms. The summed E-state index contributed by atoms with van der Waals surface area (Å²) in [6.07, 6.45) is 8.21. The van der Waals surface area contributed by atoms with E-state index in [9.17, 15) is 4.79 Å². The van der Waals surface area contributed by atoms with Gasteiger partial charge in [-0.2, -0.15) is 0 Å². The summed E-state index contributed by atoms with van der Waals surface area (Å²) in [5.41, 5.74) is 0.187. The Hall–Kier alpha value is -1.60. The van der Waals surface area contributed by atoms with Gasteiger partial charge in [-0.1, -0.05) is 42.5 Å². The SMILES string of the molecule is COc1ccccc1P(CC(=O)O)C1C=CC=C1. The van der Waals surface area contributed by atoms with Crippen molar-refractivity contribution in [1.29, 1.82) is 0 Å². The molecule has 1 N–H and O–H groups in total. The number of carboxylic acid groups (broad SMARTS) is 1.